The predicted molar refractivity (Wildman–Crippen MR) is 95.6 cm³/mol. The molecule has 3 N–H and O–H groups in total. The number of nitrogen functional groups attached to an aromatic ring is 1. The normalized spacial score (nSPS) is 11.0. The number of nitrogens with two attached hydrogens (primary N) is 1. The lowest BCUT2D eigenvalue weighted by Crippen LogP contribution is -2.19. The van der Waals surface area contributed by atoms with Gasteiger partial charge in [-0.15, -0.1) is 0 Å². The molecular weight excluding hydrogens is 336 g/mol. The molecule has 0 saturated carbocycles. The topological polar surface area (TPSA) is 121 Å². The van der Waals surface area contributed by atoms with Gasteiger partial charge in [-0.3, -0.25) is 4.79 Å². The average molecular weight is 354 g/mol. The number of methoxy groups -OCH3 is 1. The first kappa shape index (κ1) is 17.2. The lowest BCUT2D eigenvalue weighted by Gasteiger charge is -2.10. The number of anilines is 1. The highest BCUT2D eigenvalue weighted by Gasteiger charge is 2.15. The highest BCUT2D eigenvalue weighted by molar-refractivity contribution is 5.96. The Morgan fingerprint density at radius 3 is 2.65 bits per heavy atom. The monoisotopic (exact) mass is 354 g/mol. The van der Waals surface area contributed by atoms with Crippen LogP contribution < -0.4 is 15.9 Å². The molecule has 0 radical (unpaired) electrons. The Balaban J connectivity index is 1.79. The molecule has 0 aliphatic heterocycles. The lowest BCUT2D eigenvalue weighted by molar-refractivity contribution is 0.0946. The first-order chi connectivity index (χ1) is 12.5. The fourth-order valence-corrected chi connectivity index (χ4v) is 2.61. The summed E-state index contributed by atoms with van der Waals surface area (Å²) in [6.07, 6.45) is 1.56. The number of amides is 1. The van der Waals surface area contributed by atoms with E-state index in [1.165, 1.54) is 0 Å². The Hall–Kier alpha value is -3.62. The van der Waals surface area contributed by atoms with E-state index in [-0.39, 0.29) is 11.5 Å². The predicted octanol–water partition coefficient (Wildman–Crippen LogP) is 1.83. The molecule has 3 rings (SSSR count). The van der Waals surface area contributed by atoms with Gasteiger partial charge in [0.2, 0.25) is 11.5 Å². The summed E-state index contributed by atoms with van der Waals surface area (Å²) in [5.74, 6) is 0.113. The number of rotatable bonds is 5. The number of carbonyl (C=O) groups is 1. The van der Waals surface area contributed by atoms with Crippen molar-refractivity contribution in [2.45, 2.75) is 13.8 Å². The summed E-state index contributed by atoms with van der Waals surface area (Å²) in [7, 11) is 1.63. The highest BCUT2D eigenvalue weighted by atomic mass is 16.6. The van der Waals surface area contributed by atoms with Gasteiger partial charge in [-0.05, 0) is 54.5 Å². The van der Waals surface area contributed by atoms with Crippen LogP contribution in [0.4, 0.5) is 5.82 Å². The zero-order valence-corrected chi connectivity index (χ0v) is 14.6. The van der Waals surface area contributed by atoms with Crippen molar-refractivity contribution in [1.82, 2.24) is 20.3 Å². The van der Waals surface area contributed by atoms with E-state index in [1.54, 1.807) is 13.3 Å². The number of ether oxygens (including phenoxy) is 1. The Bertz CT molecular complexity index is 956. The summed E-state index contributed by atoms with van der Waals surface area (Å²) in [4.78, 5) is 11.9. The molecule has 0 aliphatic rings. The van der Waals surface area contributed by atoms with Crippen molar-refractivity contribution in [2.75, 3.05) is 12.8 Å². The molecule has 0 bridgehead atoms. The number of hydrazone groups is 1. The van der Waals surface area contributed by atoms with E-state index in [4.69, 9.17) is 10.5 Å². The van der Waals surface area contributed by atoms with E-state index in [0.29, 0.717) is 0 Å². The minimum Gasteiger partial charge on any atom is -0.497 e. The third kappa shape index (κ3) is 3.27. The van der Waals surface area contributed by atoms with Crippen molar-refractivity contribution in [3.8, 4) is 11.4 Å². The van der Waals surface area contributed by atoms with Crippen LogP contribution in [0, 0.1) is 13.8 Å². The second-order valence-corrected chi connectivity index (χ2v) is 5.56. The van der Waals surface area contributed by atoms with Gasteiger partial charge >= 0.3 is 0 Å². The zero-order valence-electron chi connectivity index (χ0n) is 14.6. The Morgan fingerprint density at radius 2 is 2.04 bits per heavy atom. The first-order valence-corrected chi connectivity index (χ1v) is 7.76. The van der Waals surface area contributed by atoms with Gasteiger partial charge in [0.1, 0.15) is 5.75 Å². The summed E-state index contributed by atoms with van der Waals surface area (Å²) in [5.41, 5.74) is 11.6. The summed E-state index contributed by atoms with van der Waals surface area (Å²) < 4.78 is 11.7. The molecule has 134 valence electrons. The number of aromatic nitrogens is 3. The van der Waals surface area contributed by atoms with Crippen molar-refractivity contribution < 1.29 is 14.2 Å². The number of nitrogens with zero attached hydrogens (tertiary/aromatic N) is 4. The number of aryl methyl sites for hydroxylation is 1. The van der Waals surface area contributed by atoms with E-state index in [0.717, 1.165) is 28.4 Å². The van der Waals surface area contributed by atoms with Gasteiger partial charge in [0.15, 0.2) is 0 Å². The van der Waals surface area contributed by atoms with E-state index < -0.39 is 5.91 Å². The largest absolute Gasteiger partial charge is 0.497 e. The molecule has 9 nitrogen and oxygen atoms in total. The summed E-state index contributed by atoms with van der Waals surface area (Å²) in [6, 6.07) is 9.72. The van der Waals surface area contributed by atoms with Crippen molar-refractivity contribution in [3.05, 3.63) is 53.0 Å². The van der Waals surface area contributed by atoms with Gasteiger partial charge in [-0.25, -0.2) is 10.1 Å². The zero-order chi connectivity index (χ0) is 18.7. The smallest absolute Gasteiger partial charge is 0.297 e. The maximum Gasteiger partial charge on any atom is 0.297 e. The molecule has 0 fully saturated rings. The van der Waals surface area contributed by atoms with Crippen LogP contribution in [0.3, 0.4) is 0 Å². The number of carbonyl (C=O) groups excluding carboxylic acids is 1. The molecule has 0 unspecified atom stereocenters. The summed E-state index contributed by atoms with van der Waals surface area (Å²) in [5, 5.41) is 10.7. The van der Waals surface area contributed by atoms with Crippen LogP contribution in [0.25, 0.3) is 5.69 Å². The number of nitrogens with one attached hydrogen (secondary N) is 1. The standard InChI is InChI=1S/C17H18N6O3/c1-10-8-12(9-19-20-17(24)15-16(18)22-26-21-15)11(2)23(10)13-4-6-14(25-3)7-5-13/h4-9H,1-3H3,(H2,18,22)(H,20,24). The molecule has 1 amide bonds. The molecule has 0 spiro atoms. The quantitative estimate of drug-likeness (QED) is 0.533. The van der Waals surface area contributed by atoms with Crippen LogP contribution in [0.5, 0.6) is 5.75 Å². The van der Waals surface area contributed by atoms with Crippen LogP contribution >= 0.6 is 0 Å². The van der Waals surface area contributed by atoms with Crippen molar-refractivity contribution in [3.63, 3.8) is 0 Å². The van der Waals surface area contributed by atoms with E-state index in [1.807, 2.05) is 44.2 Å². The maximum absolute atomic E-state index is 11.9. The average Bonchev–Trinajstić information content (AvgIpc) is 3.18. The van der Waals surface area contributed by atoms with E-state index in [9.17, 15) is 4.79 Å². The molecule has 9 heteroatoms. The summed E-state index contributed by atoms with van der Waals surface area (Å²) in [6.45, 7) is 3.97. The fourth-order valence-electron chi connectivity index (χ4n) is 2.61. The fraction of sp³-hybridized carbons (Fsp3) is 0.176. The van der Waals surface area contributed by atoms with Crippen molar-refractivity contribution in [2.24, 2.45) is 5.10 Å². The Labute approximate surface area is 149 Å². The highest BCUT2D eigenvalue weighted by Crippen LogP contribution is 2.21. The van der Waals surface area contributed by atoms with Gasteiger partial charge in [-0.1, -0.05) is 0 Å². The van der Waals surface area contributed by atoms with Crippen LogP contribution in [0.2, 0.25) is 0 Å². The van der Waals surface area contributed by atoms with Gasteiger partial charge < -0.3 is 15.0 Å². The lowest BCUT2D eigenvalue weighted by atomic mass is 10.2. The first-order valence-electron chi connectivity index (χ1n) is 7.76. The minimum absolute atomic E-state index is 0.0876. The molecule has 2 aromatic heterocycles. The summed E-state index contributed by atoms with van der Waals surface area (Å²) >= 11 is 0. The number of benzene rings is 1. The Morgan fingerprint density at radius 1 is 1.31 bits per heavy atom. The number of hydrogen-bond acceptors (Lipinski definition) is 7. The SMILES string of the molecule is COc1ccc(-n2c(C)cc(C=NNC(=O)c3nonc3N)c2C)cc1. The molecule has 2 heterocycles. The molecule has 0 atom stereocenters. The molecule has 0 saturated heterocycles. The van der Waals surface area contributed by atoms with E-state index in [2.05, 4.69) is 30.0 Å². The van der Waals surface area contributed by atoms with Crippen molar-refractivity contribution in [1.29, 1.82) is 0 Å². The third-order valence-electron chi connectivity index (χ3n) is 3.90. The maximum atomic E-state index is 11.9. The molecule has 1 aromatic carbocycles. The second kappa shape index (κ2) is 7.09. The van der Waals surface area contributed by atoms with Crippen LogP contribution in [-0.2, 0) is 0 Å². The second-order valence-electron chi connectivity index (χ2n) is 5.56. The van der Waals surface area contributed by atoms with Gasteiger partial charge in [0, 0.05) is 22.6 Å². The Kier molecular flexibility index (Phi) is 4.70. The van der Waals surface area contributed by atoms with E-state index >= 15 is 0 Å². The molecule has 3 aromatic rings. The van der Waals surface area contributed by atoms with Crippen LogP contribution in [-0.4, -0.2) is 34.1 Å². The van der Waals surface area contributed by atoms with Gasteiger partial charge in [-0.2, -0.15) is 5.10 Å². The van der Waals surface area contributed by atoms with Gasteiger partial charge in [0.05, 0.1) is 13.3 Å². The number of hydrogen-bond donors (Lipinski definition) is 2. The van der Waals surface area contributed by atoms with Crippen molar-refractivity contribution >= 4 is 17.9 Å². The minimum atomic E-state index is -0.594. The van der Waals surface area contributed by atoms with Crippen LogP contribution in [0.15, 0.2) is 40.1 Å². The van der Waals surface area contributed by atoms with Crippen LogP contribution in [0.1, 0.15) is 27.4 Å². The molecule has 0 aliphatic carbocycles. The third-order valence-corrected chi connectivity index (χ3v) is 3.90. The van der Waals surface area contributed by atoms with Gasteiger partial charge in [0.25, 0.3) is 5.91 Å². The molecule has 26 heavy (non-hydrogen) atoms. The molecular formula is C17H18N6O3.